The van der Waals surface area contributed by atoms with Crippen molar-refractivity contribution < 1.29 is 19.2 Å². The van der Waals surface area contributed by atoms with E-state index in [1.54, 1.807) is 32.0 Å². The Balaban J connectivity index is 2.93. The number of pyridine rings is 1. The van der Waals surface area contributed by atoms with Crippen LogP contribution in [0.2, 0.25) is 0 Å². The lowest BCUT2D eigenvalue weighted by atomic mass is 10.2. The molecule has 0 aliphatic rings. The molecule has 0 unspecified atom stereocenters. The molecule has 1 aromatic heterocycles. The van der Waals surface area contributed by atoms with E-state index in [0.29, 0.717) is 22.8 Å². The number of hydrogen-bond donors (Lipinski definition) is 4. The maximum Gasteiger partial charge on any atom is 0.329 e. The van der Waals surface area contributed by atoms with Crippen LogP contribution in [0.5, 0.6) is 0 Å². The van der Waals surface area contributed by atoms with Gasteiger partial charge in [-0.05, 0) is 26.0 Å². The molecular weight excluding hydrogens is 318 g/mol. The summed E-state index contributed by atoms with van der Waals surface area (Å²) in [6.07, 6.45) is 0. The van der Waals surface area contributed by atoms with E-state index in [9.17, 15) is 19.2 Å². The van der Waals surface area contributed by atoms with Crippen LogP contribution in [0.1, 0.15) is 25.2 Å². The summed E-state index contributed by atoms with van der Waals surface area (Å²) in [6.45, 7) is 3.10. The SMILES string of the molecule is C/C(=N/NC(=O)C(N)=O)c1cccc(/C(C)=N\NC(=O)C(N)=O)n1. The number of carbonyl (C=O) groups is 4. The Morgan fingerprint density at radius 1 is 0.875 bits per heavy atom. The first-order valence-electron chi connectivity index (χ1n) is 6.48. The Morgan fingerprint density at radius 3 is 1.58 bits per heavy atom. The second-order valence-electron chi connectivity index (χ2n) is 4.41. The average molecular weight is 333 g/mol. The van der Waals surface area contributed by atoms with Crippen molar-refractivity contribution in [3.8, 4) is 0 Å². The molecule has 11 nitrogen and oxygen atoms in total. The smallest absolute Gasteiger partial charge is 0.329 e. The number of nitrogens with one attached hydrogen (secondary N) is 2. The number of hydrazone groups is 2. The van der Waals surface area contributed by atoms with Crippen LogP contribution in [-0.4, -0.2) is 40.0 Å². The van der Waals surface area contributed by atoms with Gasteiger partial charge in [-0.25, -0.2) is 15.8 Å². The maximum absolute atomic E-state index is 11.0. The van der Waals surface area contributed by atoms with Gasteiger partial charge >= 0.3 is 23.6 Å². The largest absolute Gasteiger partial charge is 0.361 e. The minimum Gasteiger partial charge on any atom is -0.361 e. The number of nitrogens with two attached hydrogens (primary N) is 2. The molecule has 0 fully saturated rings. The molecule has 0 aliphatic heterocycles. The number of carbonyl (C=O) groups excluding carboxylic acids is 4. The van der Waals surface area contributed by atoms with Crippen molar-refractivity contribution in [2.24, 2.45) is 21.7 Å². The lowest BCUT2D eigenvalue weighted by Gasteiger charge is -2.04. The third-order valence-electron chi connectivity index (χ3n) is 2.59. The van der Waals surface area contributed by atoms with Crippen molar-refractivity contribution in [3.63, 3.8) is 0 Å². The third kappa shape index (κ3) is 5.29. The highest BCUT2D eigenvalue weighted by atomic mass is 16.2. The maximum atomic E-state index is 11.0. The molecule has 6 N–H and O–H groups in total. The Morgan fingerprint density at radius 2 is 1.25 bits per heavy atom. The summed E-state index contributed by atoms with van der Waals surface area (Å²) < 4.78 is 0. The van der Waals surface area contributed by atoms with Crippen molar-refractivity contribution in [2.45, 2.75) is 13.8 Å². The van der Waals surface area contributed by atoms with E-state index in [-0.39, 0.29) is 0 Å². The summed E-state index contributed by atoms with van der Waals surface area (Å²) in [5.41, 5.74) is 14.9. The van der Waals surface area contributed by atoms with Crippen LogP contribution < -0.4 is 22.3 Å². The molecule has 0 aliphatic carbocycles. The van der Waals surface area contributed by atoms with Crippen LogP contribution in [0.15, 0.2) is 28.4 Å². The minimum atomic E-state index is -1.17. The molecule has 0 radical (unpaired) electrons. The standard InChI is InChI=1S/C13H15N7O4/c1-6(17-19-12(23)10(14)21)8-4-3-5-9(16-8)7(2)18-20-13(24)11(15)22/h3-5H,1-2H3,(H2,14,21)(H2,15,22)(H,19,23)(H,20,24)/b17-6-,18-7-. The van der Waals surface area contributed by atoms with Crippen molar-refractivity contribution >= 4 is 35.1 Å². The van der Waals surface area contributed by atoms with Crippen LogP contribution in [-0.2, 0) is 19.2 Å². The van der Waals surface area contributed by atoms with Crippen LogP contribution in [0.3, 0.4) is 0 Å². The number of hydrogen-bond acceptors (Lipinski definition) is 7. The number of nitrogens with zero attached hydrogens (tertiary/aromatic N) is 3. The van der Waals surface area contributed by atoms with Gasteiger partial charge in [-0.1, -0.05) is 6.07 Å². The zero-order valence-corrected chi connectivity index (χ0v) is 12.9. The number of aromatic nitrogens is 1. The first-order chi connectivity index (χ1) is 11.2. The van der Waals surface area contributed by atoms with E-state index in [2.05, 4.69) is 15.2 Å². The molecule has 0 saturated heterocycles. The summed E-state index contributed by atoms with van der Waals surface area (Å²) >= 11 is 0. The van der Waals surface area contributed by atoms with Gasteiger partial charge in [-0.15, -0.1) is 0 Å². The van der Waals surface area contributed by atoms with Crippen LogP contribution >= 0.6 is 0 Å². The van der Waals surface area contributed by atoms with E-state index in [1.807, 2.05) is 10.9 Å². The van der Waals surface area contributed by atoms with E-state index in [0.717, 1.165) is 0 Å². The summed E-state index contributed by atoms with van der Waals surface area (Å²) in [6, 6.07) is 4.85. The molecule has 126 valence electrons. The van der Waals surface area contributed by atoms with E-state index < -0.39 is 23.6 Å². The Kier molecular flexibility index (Phi) is 6.23. The van der Waals surface area contributed by atoms with E-state index >= 15 is 0 Å². The van der Waals surface area contributed by atoms with Crippen molar-refractivity contribution in [2.75, 3.05) is 0 Å². The zero-order chi connectivity index (χ0) is 18.3. The van der Waals surface area contributed by atoms with Gasteiger partial charge in [0.05, 0.1) is 22.8 Å². The predicted octanol–water partition coefficient (Wildman–Crippen LogP) is -2.27. The van der Waals surface area contributed by atoms with Crippen LogP contribution in [0.25, 0.3) is 0 Å². The quantitative estimate of drug-likeness (QED) is 0.275. The Labute approximate surface area is 136 Å². The van der Waals surface area contributed by atoms with Gasteiger partial charge in [0.1, 0.15) is 0 Å². The normalized spacial score (nSPS) is 11.6. The molecule has 0 saturated carbocycles. The summed E-state index contributed by atoms with van der Waals surface area (Å²) in [4.78, 5) is 47.5. The van der Waals surface area contributed by atoms with Gasteiger partial charge < -0.3 is 11.5 Å². The highest BCUT2D eigenvalue weighted by molar-refractivity contribution is 6.34. The molecule has 0 atom stereocenters. The Hall–Kier alpha value is -3.63. The molecule has 0 aromatic carbocycles. The fourth-order valence-corrected chi connectivity index (χ4v) is 1.33. The molecule has 0 spiro atoms. The van der Waals surface area contributed by atoms with Crippen molar-refractivity contribution in [1.29, 1.82) is 0 Å². The molecule has 4 amide bonds. The van der Waals surface area contributed by atoms with Gasteiger partial charge in [0.15, 0.2) is 0 Å². The average Bonchev–Trinajstić information content (AvgIpc) is 2.56. The fraction of sp³-hybridized carbons (Fsp3) is 0.154. The second-order valence-corrected chi connectivity index (χ2v) is 4.41. The minimum absolute atomic E-state index is 0.306. The number of amides is 4. The highest BCUT2D eigenvalue weighted by Crippen LogP contribution is 2.02. The van der Waals surface area contributed by atoms with Gasteiger partial charge in [0, 0.05) is 0 Å². The first kappa shape index (κ1) is 18.4. The van der Waals surface area contributed by atoms with Gasteiger partial charge in [-0.2, -0.15) is 10.2 Å². The van der Waals surface area contributed by atoms with Gasteiger partial charge in [-0.3, -0.25) is 19.2 Å². The van der Waals surface area contributed by atoms with Gasteiger partial charge in [0.2, 0.25) is 0 Å². The topological polar surface area (TPSA) is 182 Å². The summed E-state index contributed by atoms with van der Waals surface area (Å²) in [5, 5.41) is 7.39. The molecule has 1 rings (SSSR count). The lowest BCUT2D eigenvalue weighted by Crippen LogP contribution is -2.33. The second kappa shape index (κ2) is 8.12. The van der Waals surface area contributed by atoms with Crippen molar-refractivity contribution in [3.05, 3.63) is 29.6 Å². The van der Waals surface area contributed by atoms with Crippen LogP contribution in [0.4, 0.5) is 0 Å². The van der Waals surface area contributed by atoms with Gasteiger partial charge in [0.25, 0.3) is 0 Å². The monoisotopic (exact) mass is 333 g/mol. The van der Waals surface area contributed by atoms with Crippen LogP contribution in [0, 0.1) is 0 Å². The molecule has 1 aromatic rings. The van der Waals surface area contributed by atoms with Crippen molar-refractivity contribution in [1.82, 2.24) is 15.8 Å². The molecule has 1 heterocycles. The predicted molar refractivity (Wildman–Crippen MR) is 83.3 cm³/mol. The summed E-state index contributed by atoms with van der Waals surface area (Å²) in [5.74, 6) is -4.45. The number of rotatable bonds is 4. The molecule has 11 heteroatoms. The third-order valence-corrected chi connectivity index (χ3v) is 2.59. The highest BCUT2D eigenvalue weighted by Gasteiger charge is 2.10. The zero-order valence-electron chi connectivity index (χ0n) is 12.9. The first-order valence-corrected chi connectivity index (χ1v) is 6.48. The Bertz CT molecular complexity index is 695. The molecule has 0 bridgehead atoms. The fourth-order valence-electron chi connectivity index (χ4n) is 1.33. The van der Waals surface area contributed by atoms with E-state index in [1.165, 1.54) is 0 Å². The molecule has 24 heavy (non-hydrogen) atoms. The lowest BCUT2D eigenvalue weighted by molar-refractivity contribution is -0.137. The number of primary amides is 2. The summed E-state index contributed by atoms with van der Waals surface area (Å²) in [7, 11) is 0. The van der Waals surface area contributed by atoms with E-state index in [4.69, 9.17) is 11.5 Å². The molecular formula is C13H15N7O4.